The molecule has 0 radical (unpaired) electrons. The molecule has 0 aliphatic heterocycles. The number of rotatable bonds is 5. The maximum Gasteiger partial charge on any atom is 0.320 e. The number of Topliss-reactive ketones (excluding diaryl/α,β-unsaturated/α-hetero) is 1. The zero-order valence-electron chi connectivity index (χ0n) is 10.2. The Bertz CT molecular complexity index is 542. The second-order valence-corrected chi connectivity index (χ2v) is 5.96. The molecular formula is C12H14O5S. The zero-order valence-corrected chi connectivity index (χ0v) is 11.0. The Morgan fingerprint density at radius 2 is 1.67 bits per heavy atom. The predicted molar refractivity (Wildman–Crippen MR) is 66.2 cm³/mol. The Labute approximate surface area is 106 Å². The molecule has 0 N–H and O–H groups in total. The van der Waals surface area contributed by atoms with Gasteiger partial charge in [-0.3, -0.25) is 9.59 Å². The van der Waals surface area contributed by atoms with Gasteiger partial charge in [-0.25, -0.2) is 8.42 Å². The molecule has 6 heteroatoms. The van der Waals surface area contributed by atoms with Crippen LogP contribution in [0.25, 0.3) is 0 Å². The summed E-state index contributed by atoms with van der Waals surface area (Å²) in [7, 11) is -2.68. The van der Waals surface area contributed by atoms with E-state index in [0.29, 0.717) is 5.56 Å². The number of carbonyl (C=O) groups excluding carboxylic acids is 2. The van der Waals surface area contributed by atoms with E-state index in [1.54, 1.807) is 24.3 Å². The van der Waals surface area contributed by atoms with Gasteiger partial charge >= 0.3 is 5.97 Å². The van der Waals surface area contributed by atoms with Gasteiger partial charge in [-0.05, 0) is 6.92 Å². The van der Waals surface area contributed by atoms with Gasteiger partial charge in [0, 0.05) is 5.56 Å². The Balaban J connectivity index is 2.76. The van der Waals surface area contributed by atoms with Crippen molar-refractivity contribution in [3.8, 4) is 0 Å². The molecule has 98 valence electrons. The van der Waals surface area contributed by atoms with Crippen LogP contribution in [0.3, 0.4) is 0 Å². The van der Waals surface area contributed by atoms with E-state index >= 15 is 0 Å². The standard InChI is InChI=1S/C12H14O5S/c1-9-3-5-10(6-4-9)11(13)7-18(15,16)8-12(14)17-2/h3-6H,7-8H2,1-2H3. The molecule has 0 bridgehead atoms. The molecule has 18 heavy (non-hydrogen) atoms. The van der Waals surface area contributed by atoms with Crippen LogP contribution in [0, 0.1) is 6.92 Å². The molecule has 0 aliphatic rings. The molecule has 0 spiro atoms. The van der Waals surface area contributed by atoms with Crippen molar-refractivity contribution in [2.45, 2.75) is 6.92 Å². The lowest BCUT2D eigenvalue weighted by molar-refractivity contribution is -0.137. The molecular weight excluding hydrogens is 256 g/mol. The van der Waals surface area contributed by atoms with Crippen LogP contribution in [0.4, 0.5) is 0 Å². The van der Waals surface area contributed by atoms with Gasteiger partial charge in [-0.2, -0.15) is 0 Å². The van der Waals surface area contributed by atoms with Crippen molar-refractivity contribution >= 4 is 21.6 Å². The summed E-state index contributed by atoms with van der Waals surface area (Å²) in [6, 6.07) is 6.57. The first-order chi connectivity index (χ1) is 8.34. The van der Waals surface area contributed by atoms with Crippen molar-refractivity contribution < 1.29 is 22.7 Å². The molecule has 5 nitrogen and oxygen atoms in total. The molecule has 0 saturated heterocycles. The minimum Gasteiger partial charge on any atom is -0.468 e. The highest BCUT2D eigenvalue weighted by Gasteiger charge is 2.21. The van der Waals surface area contributed by atoms with Crippen molar-refractivity contribution in [1.29, 1.82) is 0 Å². The highest BCUT2D eigenvalue weighted by molar-refractivity contribution is 7.92. The number of benzene rings is 1. The summed E-state index contributed by atoms with van der Waals surface area (Å²) in [4.78, 5) is 22.6. The maximum absolute atomic E-state index is 11.7. The minimum absolute atomic E-state index is 0.314. The SMILES string of the molecule is COC(=O)CS(=O)(=O)CC(=O)c1ccc(C)cc1. The molecule has 0 fully saturated rings. The van der Waals surface area contributed by atoms with E-state index in [0.717, 1.165) is 12.7 Å². The van der Waals surface area contributed by atoms with Crippen molar-refractivity contribution in [2.24, 2.45) is 0 Å². The third kappa shape index (κ3) is 4.29. The summed E-state index contributed by atoms with van der Waals surface area (Å²) in [5.41, 5.74) is 1.29. The van der Waals surface area contributed by atoms with Crippen LogP contribution in [0.1, 0.15) is 15.9 Å². The third-order valence-electron chi connectivity index (χ3n) is 2.29. The number of hydrogen-bond donors (Lipinski definition) is 0. The summed E-state index contributed by atoms with van der Waals surface area (Å²) >= 11 is 0. The normalized spacial score (nSPS) is 11.0. The van der Waals surface area contributed by atoms with E-state index in [9.17, 15) is 18.0 Å². The molecule has 1 aromatic carbocycles. The average molecular weight is 270 g/mol. The van der Waals surface area contributed by atoms with E-state index in [4.69, 9.17) is 0 Å². The fourth-order valence-electron chi connectivity index (χ4n) is 1.31. The first kappa shape index (κ1) is 14.4. The van der Waals surface area contributed by atoms with Gasteiger partial charge < -0.3 is 4.74 Å². The van der Waals surface area contributed by atoms with Crippen molar-refractivity contribution in [3.63, 3.8) is 0 Å². The van der Waals surface area contributed by atoms with Crippen LogP contribution in [0.2, 0.25) is 0 Å². The maximum atomic E-state index is 11.7. The van der Waals surface area contributed by atoms with Crippen LogP contribution < -0.4 is 0 Å². The summed E-state index contributed by atoms with van der Waals surface area (Å²) in [6.07, 6.45) is 0. The van der Waals surface area contributed by atoms with Crippen LogP contribution in [0.15, 0.2) is 24.3 Å². The van der Waals surface area contributed by atoms with Crippen molar-refractivity contribution in [2.75, 3.05) is 18.6 Å². The first-order valence-electron chi connectivity index (χ1n) is 5.21. The largest absolute Gasteiger partial charge is 0.468 e. The van der Waals surface area contributed by atoms with E-state index in [2.05, 4.69) is 4.74 Å². The Morgan fingerprint density at radius 3 is 2.17 bits per heavy atom. The van der Waals surface area contributed by atoms with Gasteiger partial charge in [0.05, 0.1) is 7.11 Å². The number of methoxy groups -OCH3 is 1. The van der Waals surface area contributed by atoms with Gasteiger partial charge in [-0.1, -0.05) is 29.8 Å². The molecule has 0 aromatic heterocycles. The fraction of sp³-hybridized carbons (Fsp3) is 0.333. The highest BCUT2D eigenvalue weighted by Crippen LogP contribution is 2.06. The van der Waals surface area contributed by atoms with Gasteiger partial charge in [-0.15, -0.1) is 0 Å². The smallest absolute Gasteiger partial charge is 0.320 e. The molecule has 1 aromatic rings. The molecule has 0 amide bonds. The molecule has 0 aliphatic carbocycles. The number of hydrogen-bond acceptors (Lipinski definition) is 5. The van der Waals surface area contributed by atoms with E-state index < -0.39 is 33.1 Å². The van der Waals surface area contributed by atoms with Gasteiger partial charge in [0.15, 0.2) is 15.6 Å². The number of esters is 1. The second kappa shape index (κ2) is 5.77. The Morgan fingerprint density at radius 1 is 1.11 bits per heavy atom. The summed E-state index contributed by atoms with van der Waals surface area (Å²) in [5.74, 6) is -2.86. The van der Waals surface area contributed by atoms with E-state index in [1.165, 1.54) is 0 Å². The van der Waals surface area contributed by atoms with Crippen LogP contribution >= 0.6 is 0 Å². The summed E-state index contributed by atoms with van der Waals surface area (Å²) in [6.45, 7) is 1.86. The average Bonchev–Trinajstić information content (AvgIpc) is 2.28. The predicted octanol–water partition coefficient (Wildman–Crippen LogP) is 0.766. The number of ketones is 1. The summed E-state index contributed by atoms with van der Waals surface area (Å²) in [5, 5.41) is 0. The second-order valence-electron chi connectivity index (χ2n) is 3.90. The molecule has 0 atom stereocenters. The lowest BCUT2D eigenvalue weighted by atomic mass is 10.1. The fourth-order valence-corrected chi connectivity index (χ4v) is 2.46. The van der Waals surface area contributed by atoms with Crippen LogP contribution in [0.5, 0.6) is 0 Å². The van der Waals surface area contributed by atoms with Crippen LogP contribution in [-0.4, -0.2) is 38.8 Å². The number of sulfone groups is 1. The molecule has 0 unspecified atom stereocenters. The number of ether oxygens (including phenoxy) is 1. The Hall–Kier alpha value is -1.69. The minimum atomic E-state index is -3.77. The van der Waals surface area contributed by atoms with Crippen molar-refractivity contribution in [1.82, 2.24) is 0 Å². The van der Waals surface area contributed by atoms with Gasteiger partial charge in [0.1, 0.15) is 11.5 Å². The Kier molecular flexibility index (Phi) is 4.61. The number of carbonyl (C=O) groups is 2. The van der Waals surface area contributed by atoms with Gasteiger partial charge in [0.2, 0.25) is 0 Å². The zero-order chi connectivity index (χ0) is 13.8. The van der Waals surface area contributed by atoms with E-state index in [-0.39, 0.29) is 0 Å². The van der Waals surface area contributed by atoms with Crippen LogP contribution in [-0.2, 0) is 19.4 Å². The highest BCUT2D eigenvalue weighted by atomic mass is 32.2. The first-order valence-corrected chi connectivity index (χ1v) is 7.03. The molecule has 1 rings (SSSR count). The third-order valence-corrected chi connectivity index (χ3v) is 3.67. The lowest BCUT2D eigenvalue weighted by Crippen LogP contribution is -2.24. The quantitative estimate of drug-likeness (QED) is 0.583. The van der Waals surface area contributed by atoms with Gasteiger partial charge in [0.25, 0.3) is 0 Å². The topological polar surface area (TPSA) is 77.5 Å². The molecule has 0 heterocycles. The molecule has 0 saturated carbocycles. The van der Waals surface area contributed by atoms with E-state index in [1.807, 2.05) is 6.92 Å². The van der Waals surface area contributed by atoms with Crippen molar-refractivity contribution in [3.05, 3.63) is 35.4 Å². The monoisotopic (exact) mass is 270 g/mol. The summed E-state index contributed by atoms with van der Waals surface area (Å²) < 4.78 is 27.3. The number of aryl methyl sites for hydroxylation is 1. The lowest BCUT2D eigenvalue weighted by Gasteiger charge is -2.03.